The van der Waals surface area contributed by atoms with Gasteiger partial charge in [-0.25, -0.2) is 4.79 Å². The van der Waals surface area contributed by atoms with Gasteiger partial charge in [-0.05, 0) is 25.7 Å². The van der Waals surface area contributed by atoms with Crippen LogP contribution in [0.1, 0.15) is 38.5 Å². The van der Waals surface area contributed by atoms with Gasteiger partial charge in [-0.15, -0.1) is 0 Å². The molecule has 0 aromatic heterocycles. The van der Waals surface area contributed by atoms with E-state index >= 15 is 0 Å². The molecule has 2 saturated carbocycles. The molecule has 0 spiro atoms. The van der Waals surface area contributed by atoms with Gasteiger partial charge in [0, 0.05) is 38.3 Å². The molecular weight excluding hydrogens is 268 g/mol. The summed E-state index contributed by atoms with van der Waals surface area (Å²) in [7, 11) is 0. The van der Waals surface area contributed by atoms with Gasteiger partial charge in [0.05, 0.1) is 6.54 Å². The molecule has 3 rings (SSSR count). The van der Waals surface area contributed by atoms with Crippen molar-refractivity contribution in [3.05, 3.63) is 0 Å². The summed E-state index contributed by atoms with van der Waals surface area (Å²) >= 11 is 0. The summed E-state index contributed by atoms with van der Waals surface area (Å²) in [5.41, 5.74) is 0. The predicted molar refractivity (Wildman–Crippen MR) is 80.0 cm³/mol. The Morgan fingerprint density at radius 3 is 2.10 bits per heavy atom. The number of hydrogen-bond acceptors (Lipinski definition) is 3. The smallest absolute Gasteiger partial charge is 0.317 e. The highest BCUT2D eigenvalue weighted by Crippen LogP contribution is 2.19. The fraction of sp³-hybridized carbons (Fsp3) is 0.867. The Bertz CT molecular complexity index is 383. The normalized spacial score (nSPS) is 24.1. The van der Waals surface area contributed by atoms with Crippen molar-refractivity contribution in [2.75, 3.05) is 32.7 Å². The highest BCUT2D eigenvalue weighted by atomic mass is 16.2. The van der Waals surface area contributed by atoms with Gasteiger partial charge in [-0.3, -0.25) is 9.69 Å². The van der Waals surface area contributed by atoms with E-state index in [4.69, 9.17) is 0 Å². The molecule has 2 aliphatic carbocycles. The standard InChI is InChI=1S/C15H26N4O2/c20-14(16-13-5-6-13)11-18-7-9-19(10-8-18)15(21)17-12-3-1-2-4-12/h12-13H,1-11H2,(H,16,20)(H,17,21). The zero-order chi connectivity index (χ0) is 14.7. The zero-order valence-corrected chi connectivity index (χ0v) is 12.6. The Morgan fingerprint density at radius 1 is 0.857 bits per heavy atom. The van der Waals surface area contributed by atoms with Crippen molar-refractivity contribution in [2.45, 2.75) is 50.6 Å². The van der Waals surface area contributed by atoms with Gasteiger partial charge in [0.1, 0.15) is 0 Å². The van der Waals surface area contributed by atoms with E-state index in [1.54, 1.807) is 0 Å². The molecule has 118 valence electrons. The summed E-state index contributed by atoms with van der Waals surface area (Å²) in [6.45, 7) is 3.48. The molecule has 3 fully saturated rings. The Labute approximate surface area is 126 Å². The van der Waals surface area contributed by atoms with Crippen molar-refractivity contribution < 1.29 is 9.59 Å². The minimum absolute atomic E-state index is 0.0731. The van der Waals surface area contributed by atoms with Crippen LogP contribution in [0, 0.1) is 0 Å². The second-order valence-corrected chi connectivity index (χ2v) is 6.54. The number of carbonyl (C=O) groups is 2. The lowest BCUT2D eigenvalue weighted by atomic mass is 10.2. The van der Waals surface area contributed by atoms with Crippen LogP contribution >= 0.6 is 0 Å². The maximum Gasteiger partial charge on any atom is 0.317 e. The third-order valence-corrected chi connectivity index (χ3v) is 4.65. The topological polar surface area (TPSA) is 64.7 Å². The van der Waals surface area contributed by atoms with Crippen molar-refractivity contribution in [3.8, 4) is 0 Å². The van der Waals surface area contributed by atoms with E-state index in [-0.39, 0.29) is 11.9 Å². The van der Waals surface area contributed by atoms with Gasteiger partial charge in [0.25, 0.3) is 0 Å². The highest BCUT2D eigenvalue weighted by molar-refractivity contribution is 5.78. The minimum atomic E-state index is 0.0731. The monoisotopic (exact) mass is 294 g/mol. The molecule has 3 aliphatic rings. The maximum atomic E-state index is 12.2. The molecule has 0 atom stereocenters. The van der Waals surface area contributed by atoms with Crippen LogP contribution in [0.2, 0.25) is 0 Å². The number of nitrogens with zero attached hydrogens (tertiary/aromatic N) is 2. The van der Waals surface area contributed by atoms with Gasteiger partial charge < -0.3 is 15.5 Å². The van der Waals surface area contributed by atoms with Crippen LogP contribution in [0.5, 0.6) is 0 Å². The predicted octanol–water partition coefficient (Wildman–Crippen LogP) is 0.535. The zero-order valence-electron chi connectivity index (χ0n) is 12.6. The third kappa shape index (κ3) is 4.33. The Morgan fingerprint density at radius 2 is 1.48 bits per heavy atom. The van der Waals surface area contributed by atoms with Gasteiger partial charge >= 0.3 is 6.03 Å². The first kappa shape index (κ1) is 14.6. The quantitative estimate of drug-likeness (QED) is 0.795. The summed E-state index contributed by atoms with van der Waals surface area (Å²) in [4.78, 5) is 27.9. The van der Waals surface area contributed by atoms with Gasteiger partial charge in [-0.1, -0.05) is 12.8 Å². The Kier molecular flexibility index (Phi) is 4.63. The van der Waals surface area contributed by atoms with Crippen LogP contribution in [-0.4, -0.2) is 66.5 Å². The molecule has 0 unspecified atom stereocenters. The molecule has 1 aliphatic heterocycles. The number of rotatable bonds is 4. The van der Waals surface area contributed by atoms with Crippen LogP contribution < -0.4 is 10.6 Å². The minimum Gasteiger partial charge on any atom is -0.352 e. The summed E-state index contributed by atoms with van der Waals surface area (Å²) in [5, 5.41) is 6.14. The molecule has 0 bridgehead atoms. The maximum absolute atomic E-state index is 12.2. The Hall–Kier alpha value is -1.30. The number of amides is 3. The van der Waals surface area contributed by atoms with E-state index in [1.165, 1.54) is 12.8 Å². The van der Waals surface area contributed by atoms with E-state index in [1.807, 2.05) is 4.90 Å². The molecule has 0 radical (unpaired) electrons. The molecular formula is C15H26N4O2. The number of urea groups is 1. The molecule has 0 aromatic rings. The summed E-state index contributed by atoms with van der Waals surface area (Å²) in [5.74, 6) is 0.126. The molecule has 0 aromatic carbocycles. The molecule has 1 heterocycles. The van der Waals surface area contributed by atoms with Crippen molar-refractivity contribution >= 4 is 11.9 Å². The number of carbonyl (C=O) groups excluding carboxylic acids is 2. The first-order valence-corrected chi connectivity index (χ1v) is 8.28. The summed E-state index contributed by atoms with van der Waals surface area (Å²) < 4.78 is 0. The van der Waals surface area contributed by atoms with E-state index in [9.17, 15) is 9.59 Å². The number of piperazine rings is 1. The second kappa shape index (κ2) is 6.64. The van der Waals surface area contributed by atoms with Crippen molar-refractivity contribution in [2.24, 2.45) is 0 Å². The van der Waals surface area contributed by atoms with Crippen molar-refractivity contribution in [1.29, 1.82) is 0 Å². The van der Waals surface area contributed by atoms with Gasteiger partial charge in [0.15, 0.2) is 0 Å². The lowest BCUT2D eigenvalue weighted by Gasteiger charge is -2.34. The molecule has 3 amide bonds. The molecule has 1 saturated heterocycles. The first-order chi connectivity index (χ1) is 10.2. The molecule has 6 heteroatoms. The highest BCUT2D eigenvalue weighted by Gasteiger charge is 2.27. The number of hydrogen-bond donors (Lipinski definition) is 2. The van der Waals surface area contributed by atoms with Crippen LogP contribution in [0.3, 0.4) is 0 Å². The Balaban J connectivity index is 1.35. The third-order valence-electron chi connectivity index (χ3n) is 4.65. The SMILES string of the molecule is O=C(CN1CCN(C(=O)NC2CCCC2)CC1)NC1CC1. The van der Waals surface area contributed by atoms with E-state index in [0.29, 0.717) is 18.6 Å². The number of nitrogens with one attached hydrogen (secondary N) is 2. The lowest BCUT2D eigenvalue weighted by Crippen LogP contribution is -2.54. The van der Waals surface area contributed by atoms with Gasteiger partial charge in [-0.2, -0.15) is 0 Å². The van der Waals surface area contributed by atoms with Crippen LogP contribution in [0.15, 0.2) is 0 Å². The van der Waals surface area contributed by atoms with Crippen molar-refractivity contribution in [1.82, 2.24) is 20.4 Å². The van der Waals surface area contributed by atoms with Crippen LogP contribution in [-0.2, 0) is 4.79 Å². The average molecular weight is 294 g/mol. The largest absolute Gasteiger partial charge is 0.352 e. The van der Waals surface area contributed by atoms with Gasteiger partial charge in [0.2, 0.25) is 5.91 Å². The van der Waals surface area contributed by atoms with E-state index in [2.05, 4.69) is 15.5 Å². The molecule has 21 heavy (non-hydrogen) atoms. The van der Waals surface area contributed by atoms with E-state index in [0.717, 1.165) is 51.9 Å². The fourth-order valence-corrected chi connectivity index (χ4v) is 3.15. The van der Waals surface area contributed by atoms with Crippen LogP contribution in [0.4, 0.5) is 4.79 Å². The lowest BCUT2D eigenvalue weighted by molar-refractivity contribution is -0.122. The summed E-state index contributed by atoms with van der Waals surface area (Å²) in [6.07, 6.45) is 6.95. The molecule has 2 N–H and O–H groups in total. The average Bonchev–Trinajstić information content (AvgIpc) is 3.13. The second-order valence-electron chi connectivity index (χ2n) is 6.54. The fourth-order valence-electron chi connectivity index (χ4n) is 3.15. The van der Waals surface area contributed by atoms with Crippen LogP contribution in [0.25, 0.3) is 0 Å². The van der Waals surface area contributed by atoms with E-state index < -0.39 is 0 Å². The summed E-state index contributed by atoms with van der Waals surface area (Å²) in [6, 6.07) is 0.875. The first-order valence-electron chi connectivity index (χ1n) is 8.28. The van der Waals surface area contributed by atoms with Crippen molar-refractivity contribution in [3.63, 3.8) is 0 Å². The molecule has 6 nitrogen and oxygen atoms in total.